The molecule has 146 valence electrons. The van der Waals surface area contributed by atoms with Crippen LogP contribution in [-0.4, -0.2) is 13.4 Å². The number of thiazole rings is 1. The van der Waals surface area contributed by atoms with E-state index in [2.05, 4.69) is 9.71 Å². The second-order valence-electron chi connectivity index (χ2n) is 6.50. The molecule has 0 aliphatic heterocycles. The number of aromatic nitrogens is 1. The molecule has 7 heteroatoms. The summed E-state index contributed by atoms with van der Waals surface area (Å²) in [6, 6.07) is 21.1. The number of anilines is 1. The number of hydrogen-bond donors (Lipinski definition) is 1. The Labute approximate surface area is 172 Å². The Morgan fingerprint density at radius 2 is 1.55 bits per heavy atom. The molecule has 1 N–H and O–H groups in total. The van der Waals surface area contributed by atoms with Gasteiger partial charge >= 0.3 is 0 Å². The van der Waals surface area contributed by atoms with Crippen LogP contribution >= 0.6 is 11.3 Å². The van der Waals surface area contributed by atoms with E-state index in [9.17, 15) is 12.8 Å². The van der Waals surface area contributed by atoms with E-state index in [-0.39, 0.29) is 15.8 Å². The van der Waals surface area contributed by atoms with Gasteiger partial charge in [0, 0.05) is 10.9 Å². The first kappa shape index (κ1) is 19.3. The number of nitrogens with one attached hydrogen (secondary N) is 1. The Balaban J connectivity index is 1.54. The molecule has 4 aromatic rings. The molecule has 0 atom stereocenters. The summed E-state index contributed by atoms with van der Waals surface area (Å²) in [6.45, 7) is 1.67. The minimum Gasteiger partial charge on any atom is -0.255 e. The van der Waals surface area contributed by atoms with Gasteiger partial charge in [0.05, 0.1) is 10.6 Å². The van der Waals surface area contributed by atoms with E-state index in [1.54, 1.807) is 48.7 Å². The first-order valence-corrected chi connectivity index (χ1v) is 11.2. The van der Waals surface area contributed by atoms with Crippen molar-refractivity contribution in [3.05, 3.63) is 89.6 Å². The molecule has 29 heavy (non-hydrogen) atoms. The Kier molecular flexibility index (Phi) is 5.17. The van der Waals surface area contributed by atoms with Gasteiger partial charge in [0.25, 0.3) is 10.0 Å². The highest BCUT2D eigenvalue weighted by atomic mass is 32.2. The molecular formula is C22H17FN2O2S2. The average Bonchev–Trinajstić information content (AvgIpc) is 3.18. The predicted molar refractivity (Wildman–Crippen MR) is 115 cm³/mol. The summed E-state index contributed by atoms with van der Waals surface area (Å²) in [6.07, 6.45) is 0. The highest BCUT2D eigenvalue weighted by molar-refractivity contribution is 7.93. The van der Waals surface area contributed by atoms with E-state index in [0.717, 1.165) is 16.7 Å². The van der Waals surface area contributed by atoms with Gasteiger partial charge in [0.15, 0.2) is 5.13 Å². The van der Waals surface area contributed by atoms with Crippen molar-refractivity contribution in [1.29, 1.82) is 0 Å². The molecule has 1 heterocycles. The highest BCUT2D eigenvalue weighted by Gasteiger charge is 2.17. The molecule has 0 aliphatic carbocycles. The fourth-order valence-electron chi connectivity index (χ4n) is 2.89. The Hall–Kier alpha value is -3.03. The van der Waals surface area contributed by atoms with E-state index in [0.29, 0.717) is 11.3 Å². The second kappa shape index (κ2) is 7.77. The molecule has 0 fully saturated rings. The van der Waals surface area contributed by atoms with Crippen LogP contribution < -0.4 is 4.72 Å². The maximum Gasteiger partial charge on any atom is 0.263 e. The quantitative estimate of drug-likeness (QED) is 0.445. The van der Waals surface area contributed by atoms with Crippen LogP contribution in [0, 0.1) is 12.7 Å². The fourth-order valence-corrected chi connectivity index (χ4v) is 4.86. The van der Waals surface area contributed by atoms with Crippen LogP contribution in [-0.2, 0) is 10.0 Å². The zero-order valence-electron chi connectivity index (χ0n) is 15.5. The van der Waals surface area contributed by atoms with Crippen LogP contribution in [0.25, 0.3) is 22.4 Å². The lowest BCUT2D eigenvalue weighted by Crippen LogP contribution is -2.12. The summed E-state index contributed by atoms with van der Waals surface area (Å²) in [5, 5.41) is 2.00. The first-order chi connectivity index (χ1) is 13.9. The number of sulfonamides is 1. The molecule has 0 aliphatic rings. The van der Waals surface area contributed by atoms with Gasteiger partial charge in [-0.05, 0) is 53.9 Å². The van der Waals surface area contributed by atoms with Crippen LogP contribution in [0.2, 0.25) is 0 Å². The Morgan fingerprint density at radius 1 is 0.897 bits per heavy atom. The molecule has 0 spiro atoms. The fraction of sp³-hybridized carbons (Fsp3) is 0.0455. The monoisotopic (exact) mass is 424 g/mol. The van der Waals surface area contributed by atoms with Crippen molar-refractivity contribution in [2.45, 2.75) is 11.8 Å². The molecule has 4 nitrogen and oxygen atoms in total. The molecule has 0 radical (unpaired) electrons. The zero-order chi connectivity index (χ0) is 20.4. The third kappa shape index (κ3) is 4.21. The standard InChI is InChI=1S/C22H17FN2O2S2/c1-15-13-18(9-12-20(15)23)21-14-28-22(24-21)25-29(26,27)19-10-7-17(8-11-19)16-5-3-2-4-6-16/h2-14H,1H3,(H,24,25). The second-order valence-corrected chi connectivity index (χ2v) is 9.04. The first-order valence-electron chi connectivity index (χ1n) is 8.83. The minimum absolute atomic E-state index is 0.159. The van der Waals surface area contributed by atoms with Crippen molar-refractivity contribution in [3.63, 3.8) is 0 Å². The average molecular weight is 425 g/mol. The summed E-state index contributed by atoms with van der Waals surface area (Å²) < 4.78 is 41.4. The van der Waals surface area contributed by atoms with E-state index in [1.165, 1.54) is 17.4 Å². The number of benzene rings is 3. The summed E-state index contributed by atoms with van der Waals surface area (Å²) in [5.41, 5.74) is 3.79. The number of rotatable bonds is 5. The summed E-state index contributed by atoms with van der Waals surface area (Å²) in [4.78, 5) is 4.49. The summed E-state index contributed by atoms with van der Waals surface area (Å²) in [7, 11) is -3.76. The predicted octanol–water partition coefficient (Wildman–Crippen LogP) is 5.73. The van der Waals surface area contributed by atoms with E-state index >= 15 is 0 Å². The van der Waals surface area contributed by atoms with Crippen molar-refractivity contribution in [3.8, 4) is 22.4 Å². The molecule has 0 saturated carbocycles. The smallest absolute Gasteiger partial charge is 0.255 e. The van der Waals surface area contributed by atoms with Crippen LogP contribution in [0.1, 0.15) is 5.56 Å². The molecule has 0 amide bonds. The van der Waals surface area contributed by atoms with Gasteiger partial charge in [-0.15, -0.1) is 11.3 Å². The normalized spacial score (nSPS) is 11.4. The number of nitrogens with zero attached hydrogens (tertiary/aromatic N) is 1. The molecular weight excluding hydrogens is 407 g/mol. The third-order valence-electron chi connectivity index (χ3n) is 4.45. The van der Waals surface area contributed by atoms with Gasteiger partial charge < -0.3 is 0 Å². The maximum absolute atomic E-state index is 13.5. The minimum atomic E-state index is -3.76. The lowest BCUT2D eigenvalue weighted by Gasteiger charge is -2.07. The molecule has 0 unspecified atom stereocenters. The van der Waals surface area contributed by atoms with Crippen LogP contribution in [0.4, 0.5) is 9.52 Å². The third-order valence-corrected chi connectivity index (χ3v) is 6.69. The van der Waals surface area contributed by atoms with Crippen molar-refractivity contribution >= 4 is 26.5 Å². The summed E-state index contributed by atoms with van der Waals surface area (Å²) >= 11 is 1.18. The largest absolute Gasteiger partial charge is 0.263 e. The molecule has 0 saturated heterocycles. The molecule has 3 aromatic carbocycles. The van der Waals surface area contributed by atoms with Crippen molar-refractivity contribution < 1.29 is 12.8 Å². The number of hydrogen-bond acceptors (Lipinski definition) is 4. The molecule has 1 aromatic heterocycles. The topological polar surface area (TPSA) is 59.1 Å². The summed E-state index contributed by atoms with van der Waals surface area (Å²) in [5.74, 6) is -0.288. The highest BCUT2D eigenvalue weighted by Crippen LogP contribution is 2.28. The van der Waals surface area contributed by atoms with E-state index in [1.807, 2.05) is 30.3 Å². The maximum atomic E-state index is 13.5. The van der Waals surface area contributed by atoms with Crippen molar-refractivity contribution in [1.82, 2.24) is 4.98 Å². The molecule has 0 bridgehead atoms. The van der Waals surface area contributed by atoms with Gasteiger partial charge in [-0.2, -0.15) is 0 Å². The lowest BCUT2D eigenvalue weighted by atomic mass is 10.1. The van der Waals surface area contributed by atoms with Crippen molar-refractivity contribution in [2.75, 3.05) is 4.72 Å². The van der Waals surface area contributed by atoms with Gasteiger partial charge in [-0.3, -0.25) is 4.72 Å². The Bertz CT molecular complexity index is 1250. The number of halogens is 1. The SMILES string of the molecule is Cc1cc(-c2csc(NS(=O)(=O)c3ccc(-c4ccccc4)cc3)n2)ccc1F. The lowest BCUT2D eigenvalue weighted by molar-refractivity contribution is 0.601. The van der Waals surface area contributed by atoms with E-state index < -0.39 is 10.0 Å². The van der Waals surface area contributed by atoms with Crippen LogP contribution in [0.3, 0.4) is 0 Å². The van der Waals surface area contributed by atoms with Crippen LogP contribution in [0.5, 0.6) is 0 Å². The van der Waals surface area contributed by atoms with Gasteiger partial charge in [-0.1, -0.05) is 42.5 Å². The zero-order valence-corrected chi connectivity index (χ0v) is 17.1. The Morgan fingerprint density at radius 3 is 2.24 bits per heavy atom. The van der Waals surface area contributed by atoms with Crippen LogP contribution in [0.15, 0.2) is 83.1 Å². The molecule has 4 rings (SSSR count). The van der Waals surface area contributed by atoms with Gasteiger partial charge in [0.1, 0.15) is 5.82 Å². The number of aryl methyl sites for hydroxylation is 1. The van der Waals surface area contributed by atoms with E-state index in [4.69, 9.17) is 0 Å². The van der Waals surface area contributed by atoms with Crippen molar-refractivity contribution in [2.24, 2.45) is 0 Å². The van der Waals surface area contributed by atoms with Gasteiger partial charge in [-0.25, -0.2) is 17.8 Å². The van der Waals surface area contributed by atoms with Gasteiger partial charge in [0.2, 0.25) is 0 Å².